The number of halogens is 2. The van der Waals surface area contributed by atoms with Crippen LogP contribution in [0.5, 0.6) is 0 Å². The summed E-state index contributed by atoms with van der Waals surface area (Å²) >= 11 is 5.86. The van der Waals surface area contributed by atoms with Gasteiger partial charge >= 0.3 is 0 Å². The van der Waals surface area contributed by atoms with Crippen LogP contribution in [0.4, 0.5) is 10.1 Å². The second kappa shape index (κ2) is 5.77. The van der Waals surface area contributed by atoms with Crippen molar-refractivity contribution in [3.8, 4) is 0 Å². The molecule has 0 saturated carbocycles. The number of rotatable bonds is 2. The zero-order valence-electron chi connectivity index (χ0n) is 11.5. The number of anilines is 1. The summed E-state index contributed by atoms with van der Waals surface area (Å²) in [5.74, 6) is -1.12. The summed E-state index contributed by atoms with van der Waals surface area (Å²) in [6.45, 7) is 0.614. The molecule has 1 aliphatic heterocycles. The van der Waals surface area contributed by atoms with E-state index in [4.69, 9.17) is 11.6 Å². The molecule has 2 amide bonds. The lowest BCUT2D eigenvalue weighted by Crippen LogP contribution is -2.31. The first-order valence-corrected chi connectivity index (χ1v) is 7.10. The van der Waals surface area contributed by atoms with Crippen molar-refractivity contribution in [2.75, 3.05) is 11.9 Å². The molecule has 0 aliphatic carbocycles. The van der Waals surface area contributed by atoms with E-state index in [1.807, 2.05) is 6.07 Å². The Morgan fingerprint density at radius 3 is 2.82 bits per heavy atom. The van der Waals surface area contributed by atoms with Crippen LogP contribution < -0.4 is 10.6 Å². The van der Waals surface area contributed by atoms with Crippen LogP contribution in [0.25, 0.3) is 0 Å². The van der Waals surface area contributed by atoms with E-state index in [0.717, 1.165) is 18.1 Å². The van der Waals surface area contributed by atoms with Crippen LogP contribution in [0, 0.1) is 5.82 Å². The minimum atomic E-state index is -0.507. The Morgan fingerprint density at radius 1 is 1.23 bits per heavy atom. The molecule has 0 atom stereocenters. The van der Waals surface area contributed by atoms with Crippen LogP contribution in [0.15, 0.2) is 36.4 Å². The largest absolute Gasteiger partial charge is 0.352 e. The van der Waals surface area contributed by atoms with E-state index >= 15 is 0 Å². The fourth-order valence-corrected chi connectivity index (χ4v) is 2.61. The van der Waals surface area contributed by atoms with E-state index in [0.29, 0.717) is 17.8 Å². The number of fused-ring (bicyclic) bond motifs is 1. The normalized spacial score (nSPS) is 13.3. The van der Waals surface area contributed by atoms with E-state index in [1.165, 1.54) is 12.1 Å². The lowest BCUT2D eigenvalue weighted by Gasteiger charge is -2.17. The van der Waals surface area contributed by atoms with Crippen molar-refractivity contribution < 1.29 is 14.0 Å². The molecule has 0 fully saturated rings. The Labute approximate surface area is 131 Å². The molecule has 2 aromatic carbocycles. The van der Waals surface area contributed by atoms with Gasteiger partial charge in [0, 0.05) is 17.8 Å². The van der Waals surface area contributed by atoms with Gasteiger partial charge in [-0.3, -0.25) is 9.59 Å². The maximum absolute atomic E-state index is 13.0. The van der Waals surface area contributed by atoms with Gasteiger partial charge in [0.2, 0.25) is 0 Å². The smallest absolute Gasteiger partial charge is 0.257 e. The SMILES string of the molecule is O=C(Nc1ccc2c(c1)C(=O)NCC2)c1ccc(F)cc1Cl. The second-order valence-corrected chi connectivity index (χ2v) is 5.36. The average molecular weight is 319 g/mol. The molecule has 1 aliphatic rings. The maximum Gasteiger partial charge on any atom is 0.257 e. The number of hydrogen-bond acceptors (Lipinski definition) is 2. The van der Waals surface area contributed by atoms with Gasteiger partial charge in [-0.2, -0.15) is 0 Å². The summed E-state index contributed by atoms with van der Waals surface area (Å²) in [5, 5.41) is 5.45. The molecule has 2 N–H and O–H groups in total. The van der Waals surface area contributed by atoms with Crippen LogP contribution in [0.1, 0.15) is 26.3 Å². The summed E-state index contributed by atoms with van der Waals surface area (Å²) < 4.78 is 13.0. The number of nitrogens with one attached hydrogen (secondary N) is 2. The van der Waals surface area contributed by atoms with Crippen molar-refractivity contribution in [3.05, 3.63) is 63.9 Å². The lowest BCUT2D eigenvalue weighted by atomic mass is 10.00. The fraction of sp³-hybridized carbons (Fsp3) is 0.125. The molecule has 0 spiro atoms. The van der Waals surface area contributed by atoms with Gasteiger partial charge in [-0.1, -0.05) is 17.7 Å². The summed E-state index contributed by atoms with van der Waals surface area (Å²) in [6, 6.07) is 8.73. The summed E-state index contributed by atoms with van der Waals surface area (Å²) in [5.41, 5.74) is 2.15. The third kappa shape index (κ3) is 2.80. The zero-order valence-corrected chi connectivity index (χ0v) is 12.2. The predicted molar refractivity (Wildman–Crippen MR) is 81.8 cm³/mol. The van der Waals surface area contributed by atoms with Crippen molar-refractivity contribution in [2.24, 2.45) is 0 Å². The van der Waals surface area contributed by atoms with Gasteiger partial charge in [-0.05, 0) is 42.3 Å². The molecule has 22 heavy (non-hydrogen) atoms. The topological polar surface area (TPSA) is 58.2 Å². The standard InChI is InChI=1S/C16H12ClFN2O2/c17-14-7-10(18)2-4-12(14)16(22)20-11-3-1-9-5-6-19-15(21)13(9)8-11/h1-4,7-8H,5-6H2,(H,19,21)(H,20,22). The predicted octanol–water partition coefficient (Wildman–Crippen LogP) is 3.02. The molecule has 3 rings (SSSR count). The molecule has 0 bridgehead atoms. The Hall–Kier alpha value is -2.40. The first-order chi connectivity index (χ1) is 10.5. The van der Waals surface area contributed by atoms with E-state index < -0.39 is 11.7 Å². The highest BCUT2D eigenvalue weighted by Crippen LogP contribution is 2.22. The first-order valence-electron chi connectivity index (χ1n) is 6.72. The zero-order chi connectivity index (χ0) is 15.7. The van der Waals surface area contributed by atoms with E-state index in [9.17, 15) is 14.0 Å². The van der Waals surface area contributed by atoms with Gasteiger partial charge in [0.25, 0.3) is 11.8 Å². The number of benzene rings is 2. The molecule has 2 aromatic rings. The number of carbonyl (C=O) groups excluding carboxylic acids is 2. The van der Waals surface area contributed by atoms with E-state index in [1.54, 1.807) is 12.1 Å². The van der Waals surface area contributed by atoms with Crippen LogP contribution in [0.3, 0.4) is 0 Å². The monoisotopic (exact) mass is 318 g/mol. The van der Waals surface area contributed by atoms with Crippen molar-refractivity contribution >= 4 is 29.1 Å². The number of carbonyl (C=O) groups is 2. The van der Waals surface area contributed by atoms with Gasteiger partial charge in [0.05, 0.1) is 10.6 Å². The molecule has 112 valence electrons. The molecule has 6 heteroatoms. The van der Waals surface area contributed by atoms with Crippen LogP contribution in [-0.2, 0) is 6.42 Å². The quantitative estimate of drug-likeness (QED) is 0.894. The third-order valence-corrected chi connectivity index (χ3v) is 3.78. The molecule has 0 unspecified atom stereocenters. The van der Waals surface area contributed by atoms with Crippen LogP contribution >= 0.6 is 11.6 Å². The highest BCUT2D eigenvalue weighted by molar-refractivity contribution is 6.34. The van der Waals surface area contributed by atoms with E-state index in [-0.39, 0.29) is 16.5 Å². The van der Waals surface area contributed by atoms with Crippen LogP contribution in [-0.4, -0.2) is 18.4 Å². The Bertz CT molecular complexity index is 777. The second-order valence-electron chi connectivity index (χ2n) is 4.96. The van der Waals surface area contributed by atoms with Gasteiger partial charge in [0.1, 0.15) is 5.82 Å². The lowest BCUT2D eigenvalue weighted by molar-refractivity contribution is 0.0944. The maximum atomic E-state index is 13.0. The summed E-state index contributed by atoms with van der Waals surface area (Å²) in [7, 11) is 0. The Balaban J connectivity index is 1.85. The summed E-state index contributed by atoms with van der Waals surface area (Å²) in [4.78, 5) is 24.0. The molecular formula is C16H12ClFN2O2. The van der Waals surface area contributed by atoms with Crippen LogP contribution in [0.2, 0.25) is 5.02 Å². The molecule has 0 aromatic heterocycles. The Morgan fingerprint density at radius 2 is 2.05 bits per heavy atom. The highest BCUT2D eigenvalue weighted by atomic mass is 35.5. The van der Waals surface area contributed by atoms with Gasteiger partial charge in [-0.25, -0.2) is 4.39 Å². The van der Waals surface area contributed by atoms with Crippen molar-refractivity contribution in [1.82, 2.24) is 5.32 Å². The summed E-state index contributed by atoms with van der Waals surface area (Å²) in [6.07, 6.45) is 0.763. The minimum absolute atomic E-state index is 0.0354. The Kier molecular flexibility index (Phi) is 3.81. The third-order valence-electron chi connectivity index (χ3n) is 3.47. The molecular weight excluding hydrogens is 307 g/mol. The number of hydrogen-bond donors (Lipinski definition) is 2. The molecule has 0 saturated heterocycles. The number of amides is 2. The van der Waals surface area contributed by atoms with Gasteiger partial charge in [0.15, 0.2) is 0 Å². The molecule has 4 nitrogen and oxygen atoms in total. The average Bonchev–Trinajstić information content (AvgIpc) is 2.48. The van der Waals surface area contributed by atoms with Crippen molar-refractivity contribution in [1.29, 1.82) is 0 Å². The van der Waals surface area contributed by atoms with Gasteiger partial charge < -0.3 is 10.6 Å². The fourth-order valence-electron chi connectivity index (χ4n) is 2.36. The van der Waals surface area contributed by atoms with Crippen molar-refractivity contribution in [2.45, 2.75) is 6.42 Å². The minimum Gasteiger partial charge on any atom is -0.352 e. The van der Waals surface area contributed by atoms with E-state index in [2.05, 4.69) is 10.6 Å². The van der Waals surface area contributed by atoms with Gasteiger partial charge in [-0.15, -0.1) is 0 Å². The highest BCUT2D eigenvalue weighted by Gasteiger charge is 2.18. The molecule has 1 heterocycles. The molecule has 0 radical (unpaired) electrons. The van der Waals surface area contributed by atoms with Crippen molar-refractivity contribution in [3.63, 3.8) is 0 Å². The first kappa shape index (κ1) is 14.5.